The van der Waals surface area contributed by atoms with Crippen molar-refractivity contribution in [1.29, 1.82) is 0 Å². The summed E-state index contributed by atoms with van der Waals surface area (Å²) in [6.45, 7) is 1.85. The second-order valence-electron chi connectivity index (χ2n) is 7.70. The highest BCUT2D eigenvalue weighted by atomic mass is 32.2. The molecule has 2 aromatic rings. The molecular weight excluding hydrogens is 432 g/mol. The number of rotatable bonds is 9. The Hall–Kier alpha value is -2.78. The van der Waals surface area contributed by atoms with Gasteiger partial charge in [0.2, 0.25) is 10.0 Å². The monoisotopic (exact) mass is 462 g/mol. The first kappa shape index (κ1) is 23.9. The van der Waals surface area contributed by atoms with Crippen LogP contribution < -0.4 is 24.2 Å². The van der Waals surface area contributed by atoms with Crippen LogP contribution in [0.4, 0.5) is 0 Å². The quantitative estimate of drug-likeness (QED) is 0.592. The van der Waals surface area contributed by atoms with Crippen molar-refractivity contribution in [3.05, 3.63) is 47.5 Å². The van der Waals surface area contributed by atoms with Crippen molar-refractivity contribution in [2.75, 3.05) is 21.3 Å². The summed E-state index contributed by atoms with van der Waals surface area (Å²) < 4.78 is 43.5. The highest BCUT2D eigenvalue weighted by Crippen LogP contribution is 2.34. The second kappa shape index (κ2) is 10.2. The van der Waals surface area contributed by atoms with Crippen LogP contribution in [0.3, 0.4) is 0 Å². The van der Waals surface area contributed by atoms with Gasteiger partial charge in [0.05, 0.1) is 26.4 Å². The fourth-order valence-electron chi connectivity index (χ4n) is 3.74. The number of sulfonamides is 1. The standard InChI is InChI=1S/C23H30N2O6S/c1-15(16-9-11-19(21(13-16)30-4)31-18-7-5-6-8-18)25-23(26)17-10-12-20(29-3)22(14-17)32(27,28)24-2/h9-15,18,24H,5-8H2,1-4H3,(H,25,26). The van der Waals surface area contributed by atoms with Gasteiger partial charge in [0.15, 0.2) is 11.5 Å². The van der Waals surface area contributed by atoms with Gasteiger partial charge >= 0.3 is 0 Å². The van der Waals surface area contributed by atoms with Crippen LogP contribution in [0.2, 0.25) is 0 Å². The molecule has 0 radical (unpaired) electrons. The molecule has 1 unspecified atom stereocenters. The van der Waals surface area contributed by atoms with Crippen LogP contribution in [0.1, 0.15) is 54.6 Å². The Morgan fingerprint density at radius 1 is 1.00 bits per heavy atom. The predicted octanol–water partition coefficient (Wildman–Crippen LogP) is 3.42. The largest absolute Gasteiger partial charge is 0.495 e. The van der Waals surface area contributed by atoms with Gasteiger partial charge in [-0.05, 0) is 75.5 Å². The number of nitrogens with one attached hydrogen (secondary N) is 2. The topological polar surface area (TPSA) is 103 Å². The molecular formula is C23H30N2O6S. The van der Waals surface area contributed by atoms with E-state index in [0.29, 0.717) is 11.5 Å². The molecule has 0 heterocycles. The van der Waals surface area contributed by atoms with Crippen LogP contribution in [0.15, 0.2) is 41.3 Å². The lowest BCUT2D eigenvalue weighted by atomic mass is 10.1. The molecule has 1 atom stereocenters. The maximum atomic E-state index is 12.8. The molecule has 3 rings (SSSR count). The molecule has 1 fully saturated rings. The molecule has 32 heavy (non-hydrogen) atoms. The fraction of sp³-hybridized carbons (Fsp3) is 0.435. The zero-order valence-electron chi connectivity index (χ0n) is 18.8. The molecule has 0 saturated heterocycles. The van der Waals surface area contributed by atoms with Crippen LogP contribution in [-0.2, 0) is 10.0 Å². The first-order chi connectivity index (χ1) is 15.3. The average Bonchev–Trinajstić information content (AvgIpc) is 3.31. The summed E-state index contributed by atoms with van der Waals surface area (Å²) in [7, 11) is 0.478. The number of ether oxygens (including phenoxy) is 3. The van der Waals surface area contributed by atoms with Gasteiger partial charge in [-0.15, -0.1) is 0 Å². The average molecular weight is 463 g/mol. The van der Waals surface area contributed by atoms with Gasteiger partial charge in [-0.1, -0.05) is 6.07 Å². The van der Waals surface area contributed by atoms with Crippen LogP contribution >= 0.6 is 0 Å². The van der Waals surface area contributed by atoms with E-state index in [1.807, 2.05) is 25.1 Å². The maximum Gasteiger partial charge on any atom is 0.251 e. The van der Waals surface area contributed by atoms with Crippen molar-refractivity contribution >= 4 is 15.9 Å². The summed E-state index contributed by atoms with van der Waals surface area (Å²) in [4.78, 5) is 12.7. The Labute approximate surface area is 189 Å². The number of methoxy groups -OCH3 is 2. The zero-order valence-corrected chi connectivity index (χ0v) is 19.6. The number of hydrogen-bond donors (Lipinski definition) is 2. The van der Waals surface area contributed by atoms with Gasteiger partial charge in [-0.3, -0.25) is 4.79 Å². The smallest absolute Gasteiger partial charge is 0.251 e. The maximum absolute atomic E-state index is 12.8. The van der Waals surface area contributed by atoms with E-state index < -0.39 is 15.9 Å². The summed E-state index contributed by atoms with van der Waals surface area (Å²) in [5.41, 5.74) is 1.05. The van der Waals surface area contributed by atoms with Gasteiger partial charge in [0.25, 0.3) is 5.91 Å². The van der Waals surface area contributed by atoms with Crippen molar-refractivity contribution in [2.45, 2.75) is 49.6 Å². The molecule has 8 nitrogen and oxygen atoms in total. The van der Waals surface area contributed by atoms with Crippen molar-refractivity contribution in [3.63, 3.8) is 0 Å². The van der Waals surface area contributed by atoms with Gasteiger partial charge in [-0.25, -0.2) is 13.1 Å². The summed E-state index contributed by atoms with van der Waals surface area (Å²) in [5, 5.41) is 2.90. The van der Waals surface area contributed by atoms with E-state index in [1.165, 1.54) is 45.2 Å². The van der Waals surface area contributed by atoms with Crippen LogP contribution in [0.5, 0.6) is 17.2 Å². The van der Waals surface area contributed by atoms with E-state index in [-0.39, 0.29) is 28.4 Å². The minimum absolute atomic E-state index is 0.0992. The van der Waals surface area contributed by atoms with Gasteiger partial charge in [-0.2, -0.15) is 0 Å². The Bertz CT molecular complexity index is 1060. The van der Waals surface area contributed by atoms with E-state index in [0.717, 1.165) is 18.4 Å². The number of amides is 1. The summed E-state index contributed by atoms with van der Waals surface area (Å²) in [6, 6.07) is 9.54. The molecule has 2 aromatic carbocycles. The van der Waals surface area contributed by atoms with Crippen LogP contribution in [0, 0.1) is 0 Å². The molecule has 1 aliphatic rings. The van der Waals surface area contributed by atoms with E-state index in [2.05, 4.69) is 10.0 Å². The molecule has 0 aliphatic heterocycles. The minimum Gasteiger partial charge on any atom is -0.495 e. The Morgan fingerprint density at radius 3 is 2.28 bits per heavy atom. The van der Waals surface area contributed by atoms with Crippen LogP contribution in [-0.4, -0.2) is 41.7 Å². The van der Waals surface area contributed by atoms with Crippen LogP contribution in [0.25, 0.3) is 0 Å². The first-order valence-corrected chi connectivity index (χ1v) is 12.0. The molecule has 1 amide bonds. The first-order valence-electron chi connectivity index (χ1n) is 10.6. The Morgan fingerprint density at radius 2 is 1.66 bits per heavy atom. The summed E-state index contributed by atoms with van der Waals surface area (Å²) >= 11 is 0. The summed E-state index contributed by atoms with van der Waals surface area (Å²) in [5.74, 6) is 1.06. The Kier molecular flexibility index (Phi) is 7.63. The third-order valence-electron chi connectivity index (χ3n) is 5.62. The Balaban J connectivity index is 1.77. The molecule has 0 spiro atoms. The lowest BCUT2D eigenvalue weighted by molar-refractivity contribution is 0.0939. The molecule has 2 N–H and O–H groups in total. The normalized spacial score (nSPS) is 15.2. The number of carbonyl (C=O) groups is 1. The number of hydrogen-bond acceptors (Lipinski definition) is 6. The van der Waals surface area contributed by atoms with Gasteiger partial charge in [0.1, 0.15) is 10.6 Å². The van der Waals surface area contributed by atoms with Crippen molar-refractivity contribution in [3.8, 4) is 17.2 Å². The van der Waals surface area contributed by atoms with Crippen molar-refractivity contribution in [1.82, 2.24) is 10.0 Å². The molecule has 1 aliphatic carbocycles. The lowest BCUT2D eigenvalue weighted by Crippen LogP contribution is -2.27. The van der Waals surface area contributed by atoms with Crippen molar-refractivity contribution in [2.24, 2.45) is 0 Å². The predicted molar refractivity (Wildman–Crippen MR) is 121 cm³/mol. The third-order valence-corrected chi connectivity index (χ3v) is 7.05. The minimum atomic E-state index is -3.79. The molecule has 1 saturated carbocycles. The zero-order chi connectivity index (χ0) is 23.3. The van der Waals surface area contributed by atoms with E-state index >= 15 is 0 Å². The number of carbonyl (C=O) groups excluding carboxylic acids is 1. The highest BCUT2D eigenvalue weighted by Gasteiger charge is 2.22. The molecule has 174 valence electrons. The lowest BCUT2D eigenvalue weighted by Gasteiger charge is -2.19. The molecule has 0 aromatic heterocycles. The van der Waals surface area contributed by atoms with E-state index in [4.69, 9.17) is 14.2 Å². The van der Waals surface area contributed by atoms with Gasteiger partial charge < -0.3 is 19.5 Å². The van der Waals surface area contributed by atoms with E-state index in [9.17, 15) is 13.2 Å². The highest BCUT2D eigenvalue weighted by molar-refractivity contribution is 7.89. The SMILES string of the molecule is CNS(=O)(=O)c1cc(C(=O)NC(C)c2ccc(OC3CCCC3)c(OC)c2)ccc1OC. The second-order valence-corrected chi connectivity index (χ2v) is 9.56. The fourth-order valence-corrected chi connectivity index (χ4v) is 4.66. The van der Waals surface area contributed by atoms with Crippen molar-refractivity contribution < 1.29 is 27.4 Å². The molecule has 9 heteroatoms. The van der Waals surface area contributed by atoms with Gasteiger partial charge in [0, 0.05) is 5.56 Å². The summed E-state index contributed by atoms with van der Waals surface area (Å²) in [6.07, 6.45) is 4.66. The third kappa shape index (κ3) is 5.34. The molecule has 0 bridgehead atoms. The number of benzene rings is 2. The van der Waals surface area contributed by atoms with E-state index in [1.54, 1.807) is 7.11 Å².